The van der Waals surface area contributed by atoms with Crippen molar-refractivity contribution >= 4 is 22.8 Å². The summed E-state index contributed by atoms with van der Waals surface area (Å²) in [6.45, 7) is 1.91. The molecule has 1 heterocycles. The van der Waals surface area contributed by atoms with Crippen molar-refractivity contribution in [1.29, 1.82) is 0 Å². The first kappa shape index (κ1) is 13.1. The number of fused-ring (bicyclic) bond motifs is 1. The van der Waals surface area contributed by atoms with E-state index in [1.54, 1.807) is 31.3 Å². The molecule has 0 fully saturated rings. The van der Waals surface area contributed by atoms with Gasteiger partial charge in [-0.05, 0) is 24.6 Å². The normalized spacial score (nSPS) is 12.3. The lowest BCUT2D eigenvalue weighted by atomic mass is 10.1. The highest BCUT2D eigenvalue weighted by molar-refractivity contribution is 5.98. The molecule has 6 nitrogen and oxygen atoms in total. The number of carboxylic acid groups (broad SMARTS) is 1. The number of nitrogens with zero attached hydrogens (tertiary/aromatic N) is 1. The van der Waals surface area contributed by atoms with E-state index < -0.39 is 11.9 Å². The second-order valence-corrected chi connectivity index (χ2v) is 4.33. The lowest BCUT2D eigenvalue weighted by Gasteiger charge is -2.11. The summed E-state index contributed by atoms with van der Waals surface area (Å²) in [5, 5.41) is 19.1. The Hall–Kier alpha value is -2.37. The number of carbonyl (C=O) groups excluding carboxylic acids is 1. The third-order valence-corrected chi connectivity index (χ3v) is 3.05. The molecule has 0 spiro atoms. The Morgan fingerprint density at radius 3 is 2.95 bits per heavy atom. The fourth-order valence-corrected chi connectivity index (χ4v) is 1.81. The van der Waals surface area contributed by atoms with Crippen molar-refractivity contribution in [2.45, 2.75) is 13.3 Å². The zero-order valence-corrected chi connectivity index (χ0v) is 10.5. The van der Waals surface area contributed by atoms with Crippen LogP contribution in [0.15, 0.2) is 24.4 Å². The standard InChI is InChI=1S/C13H15N3O3/c1-2-8(13(18)19)6-14-12(17)9-3-4-11-10(5-9)7-15-16-11/h3-5,7-8H,2,6H2,1H3,(H,14,17)(H,15,16)(H,18,19). The number of hydrogen-bond donors (Lipinski definition) is 3. The monoisotopic (exact) mass is 261 g/mol. The van der Waals surface area contributed by atoms with Crippen LogP contribution in [-0.4, -0.2) is 33.7 Å². The van der Waals surface area contributed by atoms with E-state index in [-0.39, 0.29) is 12.5 Å². The topological polar surface area (TPSA) is 95.1 Å². The van der Waals surface area contributed by atoms with Crippen molar-refractivity contribution in [1.82, 2.24) is 15.5 Å². The van der Waals surface area contributed by atoms with Crippen LogP contribution in [0.5, 0.6) is 0 Å². The third kappa shape index (κ3) is 2.90. The molecule has 0 aliphatic heterocycles. The van der Waals surface area contributed by atoms with Gasteiger partial charge in [0.25, 0.3) is 5.91 Å². The zero-order chi connectivity index (χ0) is 13.8. The minimum absolute atomic E-state index is 0.133. The lowest BCUT2D eigenvalue weighted by molar-refractivity contribution is -0.141. The van der Waals surface area contributed by atoms with Crippen LogP contribution >= 0.6 is 0 Å². The predicted molar refractivity (Wildman–Crippen MR) is 69.8 cm³/mol. The molecule has 0 aliphatic rings. The Labute approximate surface area is 109 Å². The van der Waals surface area contributed by atoms with Crippen molar-refractivity contribution in [3.63, 3.8) is 0 Å². The molecule has 1 unspecified atom stereocenters. The van der Waals surface area contributed by atoms with Crippen molar-refractivity contribution < 1.29 is 14.7 Å². The zero-order valence-electron chi connectivity index (χ0n) is 10.5. The molecule has 1 aromatic carbocycles. The van der Waals surface area contributed by atoms with Crippen molar-refractivity contribution in [3.05, 3.63) is 30.0 Å². The van der Waals surface area contributed by atoms with Crippen LogP contribution in [0.1, 0.15) is 23.7 Å². The predicted octanol–water partition coefficient (Wildman–Crippen LogP) is 1.40. The van der Waals surface area contributed by atoms with Gasteiger partial charge >= 0.3 is 5.97 Å². The Kier molecular flexibility index (Phi) is 3.79. The van der Waals surface area contributed by atoms with Gasteiger partial charge in [-0.15, -0.1) is 0 Å². The summed E-state index contributed by atoms with van der Waals surface area (Å²) in [7, 11) is 0. The van der Waals surface area contributed by atoms with Gasteiger partial charge in [-0.1, -0.05) is 6.92 Å². The van der Waals surface area contributed by atoms with Gasteiger partial charge in [-0.2, -0.15) is 5.10 Å². The first-order valence-corrected chi connectivity index (χ1v) is 6.06. The van der Waals surface area contributed by atoms with E-state index in [9.17, 15) is 9.59 Å². The number of carbonyl (C=O) groups is 2. The summed E-state index contributed by atoms with van der Waals surface area (Å²) in [6.07, 6.45) is 2.12. The average molecular weight is 261 g/mol. The van der Waals surface area contributed by atoms with E-state index in [1.165, 1.54) is 0 Å². The van der Waals surface area contributed by atoms with Crippen LogP contribution in [0.4, 0.5) is 0 Å². The van der Waals surface area contributed by atoms with Crippen LogP contribution in [0.25, 0.3) is 10.9 Å². The first-order valence-electron chi connectivity index (χ1n) is 6.06. The molecule has 6 heteroatoms. The number of hydrogen-bond acceptors (Lipinski definition) is 3. The molecule has 0 bridgehead atoms. The van der Waals surface area contributed by atoms with E-state index in [4.69, 9.17) is 5.11 Å². The molecule has 0 saturated heterocycles. The summed E-state index contributed by atoms with van der Waals surface area (Å²) in [4.78, 5) is 22.8. The maximum Gasteiger partial charge on any atom is 0.308 e. The molecule has 2 rings (SSSR count). The van der Waals surface area contributed by atoms with E-state index in [2.05, 4.69) is 15.5 Å². The Balaban J connectivity index is 2.05. The minimum atomic E-state index is -0.895. The highest BCUT2D eigenvalue weighted by Gasteiger charge is 2.16. The van der Waals surface area contributed by atoms with Crippen LogP contribution < -0.4 is 5.32 Å². The van der Waals surface area contributed by atoms with E-state index in [0.29, 0.717) is 12.0 Å². The van der Waals surface area contributed by atoms with E-state index >= 15 is 0 Å². The molecular formula is C13H15N3O3. The summed E-state index contributed by atoms with van der Waals surface area (Å²) in [5.41, 5.74) is 1.35. The van der Waals surface area contributed by atoms with Gasteiger partial charge in [0.1, 0.15) is 0 Å². The summed E-state index contributed by atoms with van der Waals surface area (Å²) in [5.74, 6) is -1.72. The Morgan fingerprint density at radius 2 is 2.26 bits per heavy atom. The minimum Gasteiger partial charge on any atom is -0.481 e. The van der Waals surface area contributed by atoms with Crippen molar-refractivity contribution in [2.75, 3.05) is 6.54 Å². The summed E-state index contributed by atoms with van der Waals surface area (Å²) < 4.78 is 0. The fraction of sp³-hybridized carbons (Fsp3) is 0.308. The molecular weight excluding hydrogens is 246 g/mol. The Bertz CT molecular complexity index is 606. The molecule has 19 heavy (non-hydrogen) atoms. The second kappa shape index (κ2) is 5.51. The number of benzene rings is 1. The number of rotatable bonds is 5. The maximum absolute atomic E-state index is 11.9. The van der Waals surface area contributed by atoms with Crippen LogP contribution in [0.3, 0.4) is 0 Å². The van der Waals surface area contributed by atoms with E-state index in [0.717, 1.165) is 10.9 Å². The molecule has 3 N–H and O–H groups in total. The van der Waals surface area contributed by atoms with Gasteiger partial charge in [0, 0.05) is 17.5 Å². The fourth-order valence-electron chi connectivity index (χ4n) is 1.81. The first-order chi connectivity index (χ1) is 9.11. The van der Waals surface area contributed by atoms with Crippen LogP contribution in [-0.2, 0) is 4.79 Å². The van der Waals surface area contributed by atoms with Crippen molar-refractivity contribution in [3.8, 4) is 0 Å². The van der Waals surface area contributed by atoms with E-state index in [1.807, 2.05) is 0 Å². The molecule has 1 aromatic heterocycles. The van der Waals surface area contributed by atoms with Crippen LogP contribution in [0, 0.1) is 5.92 Å². The molecule has 0 saturated carbocycles. The number of H-pyrrole nitrogens is 1. The third-order valence-electron chi connectivity index (χ3n) is 3.05. The smallest absolute Gasteiger partial charge is 0.308 e. The number of aromatic nitrogens is 2. The highest BCUT2D eigenvalue weighted by Crippen LogP contribution is 2.13. The van der Waals surface area contributed by atoms with Gasteiger partial charge in [0.2, 0.25) is 0 Å². The summed E-state index contributed by atoms with van der Waals surface area (Å²) in [6, 6.07) is 5.17. The van der Waals surface area contributed by atoms with Gasteiger partial charge in [-0.25, -0.2) is 0 Å². The molecule has 0 aliphatic carbocycles. The number of amides is 1. The average Bonchev–Trinajstić information content (AvgIpc) is 2.85. The lowest BCUT2D eigenvalue weighted by Crippen LogP contribution is -2.32. The molecule has 0 radical (unpaired) electrons. The van der Waals surface area contributed by atoms with Gasteiger partial charge < -0.3 is 10.4 Å². The molecule has 2 aromatic rings. The van der Waals surface area contributed by atoms with Gasteiger partial charge in [-0.3, -0.25) is 14.7 Å². The van der Waals surface area contributed by atoms with Crippen molar-refractivity contribution in [2.24, 2.45) is 5.92 Å². The molecule has 1 atom stereocenters. The number of aliphatic carboxylic acids is 1. The highest BCUT2D eigenvalue weighted by atomic mass is 16.4. The number of carboxylic acids is 1. The van der Waals surface area contributed by atoms with Gasteiger partial charge in [0.15, 0.2) is 0 Å². The van der Waals surface area contributed by atoms with Crippen LogP contribution in [0.2, 0.25) is 0 Å². The quantitative estimate of drug-likeness (QED) is 0.758. The number of aromatic amines is 1. The largest absolute Gasteiger partial charge is 0.481 e. The maximum atomic E-state index is 11.9. The Morgan fingerprint density at radius 1 is 1.47 bits per heavy atom. The number of nitrogens with one attached hydrogen (secondary N) is 2. The SMILES string of the molecule is CCC(CNC(=O)c1ccc2[nH]ncc2c1)C(=O)O. The second-order valence-electron chi connectivity index (χ2n) is 4.33. The summed E-state index contributed by atoms with van der Waals surface area (Å²) >= 11 is 0. The van der Waals surface area contributed by atoms with Gasteiger partial charge in [0.05, 0.1) is 17.6 Å². The molecule has 100 valence electrons. The molecule has 1 amide bonds.